The molecule has 1 fully saturated rings. The summed E-state index contributed by atoms with van der Waals surface area (Å²) in [6, 6.07) is 9.81. The van der Waals surface area contributed by atoms with Gasteiger partial charge < -0.3 is 15.2 Å². The molecule has 2 rings (SSSR count). The second-order valence-electron chi connectivity index (χ2n) is 8.50. The Kier molecular flexibility index (Phi) is 5.97. The van der Waals surface area contributed by atoms with Gasteiger partial charge in [-0.1, -0.05) is 37.3 Å². The molecule has 1 aromatic rings. The van der Waals surface area contributed by atoms with Crippen LogP contribution in [0.3, 0.4) is 0 Å². The lowest BCUT2D eigenvalue weighted by atomic mass is 9.54. The number of nitrogens with one attached hydrogen (secondary N) is 1. The lowest BCUT2D eigenvalue weighted by Crippen LogP contribution is -2.54. The normalized spacial score (nSPS) is 30.4. The van der Waals surface area contributed by atoms with Crippen molar-refractivity contribution < 1.29 is 24.2 Å². The van der Waals surface area contributed by atoms with Crippen LogP contribution in [-0.4, -0.2) is 36.6 Å². The van der Waals surface area contributed by atoms with Crippen LogP contribution in [0.25, 0.3) is 0 Å². The van der Waals surface area contributed by atoms with E-state index in [9.17, 15) is 19.5 Å². The molecular weight excluding hydrogens is 346 g/mol. The zero-order valence-corrected chi connectivity index (χ0v) is 16.5. The number of ether oxygens (including phenoxy) is 1. The van der Waals surface area contributed by atoms with Gasteiger partial charge in [-0.15, -0.1) is 0 Å². The van der Waals surface area contributed by atoms with Crippen LogP contribution < -0.4 is 5.32 Å². The van der Waals surface area contributed by atoms with Gasteiger partial charge in [-0.25, -0.2) is 0 Å². The fraction of sp³-hybridized carbons (Fsp3) is 0.571. The number of amides is 1. The van der Waals surface area contributed by atoms with Crippen LogP contribution in [0.4, 0.5) is 0 Å². The largest absolute Gasteiger partial charge is 0.481 e. The fourth-order valence-electron chi connectivity index (χ4n) is 4.65. The van der Waals surface area contributed by atoms with Crippen molar-refractivity contribution >= 4 is 17.8 Å². The van der Waals surface area contributed by atoms with E-state index in [0.717, 1.165) is 5.56 Å². The first-order valence-corrected chi connectivity index (χ1v) is 9.19. The molecule has 0 spiro atoms. The van der Waals surface area contributed by atoms with Crippen molar-refractivity contribution in [3.8, 4) is 0 Å². The monoisotopic (exact) mass is 375 g/mol. The standard InChI is InChI=1S/C21H29NO5/c1-19(16(23)22-11-10-15-8-6-5-7-9-15)12-20(2,17(24)25)14-21(3,13-19)18(26)27-4/h5-9H,10-14H2,1-4H3,(H,22,23)(H,24,25). The number of hydrogen-bond acceptors (Lipinski definition) is 4. The summed E-state index contributed by atoms with van der Waals surface area (Å²) in [5.41, 5.74) is -2.05. The van der Waals surface area contributed by atoms with Crippen LogP contribution in [0.2, 0.25) is 0 Å². The SMILES string of the molecule is COC(=O)C1(C)CC(C)(C(=O)O)CC(C)(C(=O)NCCc2ccccc2)C1. The lowest BCUT2D eigenvalue weighted by molar-refractivity contribution is -0.171. The zero-order valence-electron chi connectivity index (χ0n) is 16.5. The first kappa shape index (κ1) is 20.9. The fourth-order valence-corrected chi connectivity index (χ4v) is 4.65. The zero-order chi connectivity index (χ0) is 20.3. The van der Waals surface area contributed by atoms with Crippen LogP contribution >= 0.6 is 0 Å². The number of hydrogen-bond donors (Lipinski definition) is 2. The van der Waals surface area contributed by atoms with Crippen molar-refractivity contribution in [3.05, 3.63) is 35.9 Å². The van der Waals surface area contributed by atoms with E-state index < -0.39 is 28.2 Å². The first-order valence-electron chi connectivity index (χ1n) is 9.19. The highest BCUT2D eigenvalue weighted by atomic mass is 16.5. The second-order valence-corrected chi connectivity index (χ2v) is 8.50. The van der Waals surface area contributed by atoms with Gasteiger partial charge in [0.25, 0.3) is 0 Å². The van der Waals surface area contributed by atoms with Gasteiger partial charge in [0.2, 0.25) is 5.91 Å². The Bertz CT molecular complexity index is 719. The molecule has 1 aliphatic rings. The first-order chi connectivity index (χ1) is 12.5. The van der Waals surface area contributed by atoms with Crippen molar-refractivity contribution in [2.75, 3.05) is 13.7 Å². The highest BCUT2D eigenvalue weighted by Gasteiger charge is 2.58. The number of benzene rings is 1. The van der Waals surface area contributed by atoms with Crippen LogP contribution in [0, 0.1) is 16.2 Å². The molecular formula is C21H29NO5. The van der Waals surface area contributed by atoms with E-state index >= 15 is 0 Å². The third-order valence-corrected chi connectivity index (χ3v) is 5.63. The Morgan fingerprint density at radius 1 is 1.00 bits per heavy atom. The number of aliphatic carboxylic acids is 1. The average Bonchev–Trinajstić information content (AvgIpc) is 2.60. The Morgan fingerprint density at radius 2 is 1.56 bits per heavy atom. The Labute approximate surface area is 160 Å². The van der Waals surface area contributed by atoms with Gasteiger partial charge in [0.1, 0.15) is 0 Å². The molecule has 2 N–H and O–H groups in total. The van der Waals surface area contributed by atoms with E-state index in [-0.39, 0.29) is 25.2 Å². The van der Waals surface area contributed by atoms with Crippen molar-refractivity contribution in [2.45, 2.75) is 46.5 Å². The second kappa shape index (κ2) is 7.71. The third kappa shape index (κ3) is 4.49. The van der Waals surface area contributed by atoms with Crippen molar-refractivity contribution in [3.63, 3.8) is 0 Å². The van der Waals surface area contributed by atoms with Gasteiger partial charge in [-0.2, -0.15) is 0 Å². The van der Waals surface area contributed by atoms with Crippen LogP contribution in [-0.2, 0) is 25.5 Å². The highest BCUT2D eigenvalue weighted by molar-refractivity contribution is 5.87. The molecule has 3 unspecified atom stereocenters. The quantitative estimate of drug-likeness (QED) is 0.746. The topological polar surface area (TPSA) is 92.7 Å². The number of carboxylic acids is 1. The minimum atomic E-state index is -1.17. The number of carbonyl (C=O) groups is 3. The Balaban J connectivity index is 2.17. The molecule has 6 nitrogen and oxygen atoms in total. The molecule has 0 bridgehead atoms. The minimum absolute atomic E-state index is 0.148. The molecule has 1 aromatic carbocycles. The summed E-state index contributed by atoms with van der Waals surface area (Å²) in [7, 11) is 1.29. The lowest BCUT2D eigenvalue weighted by Gasteiger charge is -2.48. The maximum Gasteiger partial charge on any atom is 0.311 e. The van der Waals surface area contributed by atoms with Gasteiger partial charge in [0.05, 0.1) is 17.9 Å². The summed E-state index contributed by atoms with van der Waals surface area (Å²) < 4.78 is 4.91. The van der Waals surface area contributed by atoms with E-state index in [2.05, 4.69) is 5.32 Å². The summed E-state index contributed by atoms with van der Waals surface area (Å²) in [6.07, 6.45) is 1.27. The Morgan fingerprint density at radius 3 is 2.11 bits per heavy atom. The van der Waals surface area contributed by atoms with E-state index in [1.165, 1.54) is 7.11 Å². The van der Waals surface area contributed by atoms with Gasteiger partial charge >= 0.3 is 11.9 Å². The van der Waals surface area contributed by atoms with E-state index in [4.69, 9.17) is 4.74 Å². The third-order valence-electron chi connectivity index (χ3n) is 5.63. The maximum atomic E-state index is 13.0. The number of carbonyl (C=O) groups excluding carboxylic acids is 2. The summed E-state index contributed by atoms with van der Waals surface area (Å²) >= 11 is 0. The minimum Gasteiger partial charge on any atom is -0.481 e. The summed E-state index contributed by atoms with van der Waals surface area (Å²) in [5, 5.41) is 12.7. The van der Waals surface area contributed by atoms with E-state index in [1.807, 2.05) is 30.3 Å². The smallest absolute Gasteiger partial charge is 0.311 e. The molecule has 1 saturated carbocycles. The molecule has 1 amide bonds. The van der Waals surface area contributed by atoms with Crippen LogP contribution in [0.15, 0.2) is 30.3 Å². The molecule has 1 aliphatic carbocycles. The maximum absolute atomic E-state index is 13.0. The summed E-state index contributed by atoms with van der Waals surface area (Å²) in [4.78, 5) is 37.2. The van der Waals surface area contributed by atoms with Gasteiger partial charge in [-0.05, 0) is 45.1 Å². The Hall–Kier alpha value is -2.37. The molecule has 0 aromatic heterocycles. The number of esters is 1. The van der Waals surface area contributed by atoms with Crippen molar-refractivity contribution in [1.82, 2.24) is 5.32 Å². The molecule has 6 heteroatoms. The number of rotatable bonds is 6. The van der Waals surface area contributed by atoms with E-state index in [0.29, 0.717) is 13.0 Å². The molecule has 148 valence electrons. The molecule has 0 radical (unpaired) electrons. The van der Waals surface area contributed by atoms with Crippen molar-refractivity contribution in [2.24, 2.45) is 16.2 Å². The highest BCUT2D eigenvalue weighted by Crippen LogP contribution is 2.55. The predicted molar refractivity (Wildman–Crippen MR) is 101 cm³/mol. The van der Waals surface area contributed by atoms with E-state index in [1.54, 1.807) is 20.8 Å². The number of carboxylic acid groups (broad SMARTS) is 1. The van der Waals surface area contributed by atoms with Crippen LogP contribution in [0.5, 0.6) is 0 Å². The predicted octanol–water partition coefficient (Wildman–Crippen LogP) is 2.81. The molecule has 0 heterocycles. The van der Waals surface area contributed by atoms with Crippen LogP contribution in [0.1, 0.15) is 45.6 Å². The van der Waals surface area contributed by atoms with Crippen molar-refractivity contribution in [1.29, 1.82) is 0 Å². The summed E-state index contributed by atoms with van der Waals surface area (Å²) in [6.45, 7) is 5.49. The molecule has 3 atom stereocenters. The molecule has 0 saturated heterocycles. The number of methoxy groups -OCH3 is 1. The average molecular weight is 375 g/mol. The molecule has 27 heavy (non-hydrogen) atoms. The van der Waals surface area contributed by atoms with Gasteiger partial charge in [0.15, 0.2) is 0 Å². The molecule has 0 aliphatic heterocycles. The van der Waals surface area contributed by atoms with Gasteiger partial charge in [-0.3, -0.25) is 14.4 Å². The van der Waals surface area contributed by atoms with Gasteiger partial charge in [0, 0.05) is 12.0 Å². The summed E-state index contributed by atoms with van der Waals surface area (Å²) in [5.74, 6) is -1.70.